The van der Waals surface area contributed by atoms with Gasteiger partial charge in [-0.05, 0) is 29.7 Å². The van der Waals surface area contributed by atoms with Crippen molar-refractivity contribution < 1.29 is 17.6 Å². The average Bonchev–Trinajstić information content (AvgIpc) is 2.73. The Kier molecular flexibility index (Phi) is 7.17. The number of hydrogen-bond donors (Lipinski definition) is 1. The van der Waals surface area contributed by atoms with E-state index in [0.29, 0.717) is 26.2 Å². The van der Waals surface area contributed by atoms with Crippen LogP contribution in [0, 0.1) is 11.7 Å². The van der Waals surface area contributed by atoms with Crippen LogP contribution in [0.1, 0.15) is 19.4 Å². The molecule has 1 amide bonds. The van der Waals surface area contributed by atoms with Gasteiger partial charge in [0, 0.05) is 45.1 Å². The highest BCUT2D eigenvalue weighted by Gasteiger charge is 2.33. The Bertz CT molecular complexity index is 961. The molecule has 1 aromatic heterocycles. The molecule has 30 heavy (non-hydrogen) atoms. The molecule has 1 aliphatic rings. The third kappa shape index (κ3) is 5.41. The highest BCUT2D eigenvalue weighted by atomic mass is 32.2. The fourth-order valence-corrected chi connectivity index (χ4v) is 4.85. The zero-order valence-corrected chi connectivity index (χ0v) is 18.0. The van der Waals surface area contributed by atoms with Gasteiger partial charge in [-0.3, -0.25) is 14.7 Å². The Morgan fingerprint density at radius 1 is 1.13 bits per heavy atom. The lowest BCUT2D eigenvalue weighted by Crippen LogP contribution is -2.56. The van der Waals surface area contributed by atoms with Gasteiger partial charge in [-0.25, -0.2) is 12.8 Å². The Hall–Kier alpha value is -2.36. The molecular formula is C21H27FN4O3S. The van der Waals surface area contributed by atoms with Crippen LogP contribution in [-0.2, 0) is 21.4 Å². The van der Waals surface area contributed by atoms with Gasteiger partial charge in [-0.1, -0.05) is 32.0 Å². The number of halogens is 1. The van der Waals surface area contributed by atoms with E-state index in [1.54, 1.807) is 24.9 Å². The van der Waals surface area contributed by atoms with Crippen LogP contribution in [0.25, 0.3) is 0 Å². The second-order valence-corrected chi connectivity index (χ2v) is 9.42. The van der Waals surface area contributed by atoms with Crippen LogP contribution >= 0.6 is 0 Å². The molecule has 7 nitrogen and oxygen atoms in total. The second-order valence-electron chi connectivity index (χ2n) is 7.74. The molecule has 0 spiro atoms. The van der Waals surface area contributed by atoms with Crippen LogP contribution < -0.4 is 4.72 Å². The van der Waals surface area contributed by atoms with Crippen molar-refractivity contribution in [1.82, 2.24) is 19.5 Å². The SMILES string of the molecule is CC(C)[C@H](NS(=O)(=O)c1ccccc1F)C(=O)N1CCN(Cc2cccnc2)CC1. The first-order chi connectivity index (χ1) is 14.3. The lowest BCUT2D eigenvalue weighted by molar-refractivity contribution is -0.135. The zero-order chi connectivity index (χ0) is 21.7. The van der Waals surface area contributed by atoms with Gasteiger partial charge in [-0.15, -0.1) is 0 Å². The minimum absolute atomic E-state index is 0.285. The van der Waals surface area contributed by atoms with E-state index in [4.69, 9.17) is 0 Å². The van der Waals surface area contributed by atoms with E-state index in [2.05, 4.69) is 14.6 Å². The zero-order valence-electron chi connectivity index (χ0n) is 17.2. The van der Waals surface area contributed by atoms with Crippen LogP contribution in [0.4, 0.5) is 4.39 Å². The van der Waals surface area contributed by atoms with E-state index in [1.807, 2.05) is 18.3 Å². The molecule has 9 heteroatoms. The topological polar surface area (TPSA) is 82.6 Å². The first-order valence-corrected chi connectivity index (χ1v) is 11.4. The van der Waals surface area contributed by atoms with Crippen molar-refractivity contribution in [3.8, 4) is 0 Å². The number of carbonyl (C=O) groups excluding carboxylic acids is 1. The van der Waals surface area contributed by atoms with E-state index >= 15 is 0 Å². The van der Waals surface area contributed by atoms with E-state index in [-0.39, 0.29) is 11.8 Å². The summed E-state index contributed by atoms with van der Waals surface area (Å²) in [5, 5.41) is 0. The van der Waals surface area contributed by atoms with Gasteiger partial charge in [0.25, 0.3) is 0 Å². The summed E-state index contributed by atoms with van der Waals surface area (Å²) in [6, 6.07) is 8.09. The number of piperazine rings is 1. The van der Waals surface area contributed by atoms with Crippen LogP contribution in [0.5, 0.6) is 0 Å². The predicted molar refractivity (Wildman–Crippen MR) is 111 cm³/mol. The summed E-state index contributed by atoms with van der Waals surface area (Å²) >= 11 is 0. The molecule has 0 aliphatic carbocycles. The third-order valence-electron chi connectivity index (χ3n) is 5.15. The summed E-state index contributed by atoms with van der Waals surface area (Å²) in [4.78, 5) is 20.6. The van der Waals surface area contributed by atoms with Crippen molar-refractivity contribution in [2.45, 2.75) is 31.3 Å². The summed E-state index contributed by atoms with van der Waals surface area (Å²) in [7, 11) is -4.16. The fraction of sp³-hybridized carbons (Fsp3) is 0.429. The van der Waals surface area contributed by atoms with Crippen molar-refractivity contribution in [1.29, 1.82) is 0 Å². The van der Waals surface area contributed by atoms with Gasteiger partial charge in [0.1, 0.15) is 16.8 Å². The quantitative estimate of drug-likeness (QED) is 0.719. The van der Waals surface area contributed by atoms with Crippen molar-refractivity contribution >= 4 is 15.9 Å². The number of benzene rings is 1. The predicted octanol–water partition coefficient (Wildman–Crippen LogP) is 1.87. The molecule has 0 saturated carbocycles. The summed E-state index contributed by atoms with van der Waals surface area (Å²) in [6.45, 7) is 6.67. The summed E-state index contributed by atoms with van der Waals surface area (Å²) in [5.74, 6) is -1.41. The number of pyridine rings is 1. The van der Waals surface area contributed by atoms with Crippen molar-refractivity contribution in [3.05, 3.63) is 60.2 Å². The molecule has 0 unspecified atom stereocenters. The molecule has 1 N–H and O–H groups in total. The van der Waals surface area contributed by atoms with Crippen LogP contribution in [-0.4, -0.2) is 61.3 Å². The standard InChI is InChI=1S/C21H27FN4O3S/c1-16(2)20(24-30(28,29)19-8-4-3-7-18(19)22)21(27)26-12-10-25(11-13-26)15-17-6-5-9-23-14-17/h3-9,14,16,20,24H,10-13,15H2,1-2H3/t20-/m0/s1. The molecule has 2 heterocycles. The molecule has 2 aromatic rings. The largest absolute Gasteiger partial charge is 0.339 e. The van der Waals surface area contributed by atoms with Gasteiger partial charge < -0.3 is 4.90 Å². The highest BCUT2D eigenvalue weighted by molar-refractivity contribution is 7.89. The number of sulfonamides is 1. The normalized spacial score (nSPS) is 16.6. The molecule has 162 valence electrons. The molecule has 1 aliphatic heterocycles. The third-order valence-corrected chi connectivity index (χ3v) is 6.63. The number of amides is 1. The van der Waals surface area contributed by atoms with Gasteiger partial charge in [0.2, 0.25) is 15.9 Å². The van der Waals surface area contributed by atoms with Crippen molar-refractivity contribution in [2.75, 3.05) is 26.2 Å². The number of carbonyl (C=O) groups is 1. The van der Waals surface area contributed by atoms with E-state index in [1.165, 1.54) is 18.2 Å². The molecule has 1 saturated heterocycles. The van der Waals surface area contributed by atoms with Gasteiger partial charge >= 0.3 is 0 Å². The lowest BCUT2D eigenvalue weighted by Gasteiger charge is -2.37. The lowest BCUT2D eigenvalue weighted by atomic mass is 10.0. The number of hydrogen-bond acceptors (Lipinski definition) is 5. The van der Waals surface area contributed by atoms with Crippen molar-refractivity contribution in [3.63, 3.8) is 0 Å². The Labute approximate surface area is 177 Å². The molecule has 3 rings (SSSR count). The molecule has 1 fully saturated rings. The van der Waals surface area contributed by atoms with Gasteiger partial charge in [0.15, 0.2) is 0 Å². The monoisotopic (exact) mass is 434 g/mol. The Balaban J connectivity index is 1.64. The maximum Gasteiger partial charge on any atom is 0.244 e. The fourth-order valence-electron chi connectivity index (χ4n) is 3.44. The van der Waals surface area contributed by atoms with Gasteiger partial charge in [-0.2, -0.15) is 4.72 Å². The van der Waals surface area contributed by atoms with Crippen LogP contribution in [0.3, 0.4) is 0 Å². The molecule has 0 bridgehead atoms. The highest BCUT2D eigenvalue weighted by Crippen LogP contribution is 2.17. The van der Waals surface area contributed by atoms with E-state index in [0.717, 1.165) is 18.2 Å². The Morgan fingerprint density at radius 2 is 1.83 bits per heavy atom. The Morgan fingerprint density at radius 3 is 2.43 bits per heavy atom. The molecular weight excluding hydrogens is 407 g/mol. The summed E-state index contributed by atoms with van der Waals surface area (Å²) in [6.07, 6.45) is 3.55. The first-order valence-electron chi connectivity index (χ1n) is 9.95. The van der Waals surface area contributed by atoms with Gasteiger partial charge in [0.05, 0.1) is 0 Å². The van der Waals surface area contributed by atoms with E-state index < -0.39 is 26.8 Å². The minimum Gasteiger partial charge on any atom is -0.339 e. The van der Waals surface area contributed by atoms with Crippen LogP contribution in [0.15, 0.2) is 53.7 Å². The maximum absolute atomic E-state index is 14.0. The average molecular weight is 435 g/mol. The number of nitrogens with zero attached hydrogens (tertiary/aromatic N) is 3. The number of aromatic nitrogens is 1. The number of rotatable bonds is 7. The summed E-state index contributed by atoms with van der Waals surface area (Å²) < 4.78 is 41.8. The summed E-state index contributed by atoms with van der Waals surface area (Å²) in [5.41, 5.74) is 1.11. The minimum atomic E-state index is -4.16. The molecule has 0 radical (unpaired) electrons. The molecule has 1 aromatic carbocycles. The number of nitrogens with one attached hydrogen (secondary N) is 1. The van der Waals surface area contributed by atoms with Crippen LogP contribution in [0.2, 0.25) is 0 Å². The van der Waals surface area contributed by atoms with E-state index in [9.17, 15) is 17.6 Å². The smallest absolute Gasteiger partial charge is 0.244 e. The first kappa shape index (κ1) is 22.3. The molecule has 1 atom stereocenters. The second kappa shape index (κ2) is 9.63. The maximum atomic E-state index is 14.0. The van der Waals surface area contributed by atoms with Crippen molar-refractivity contribution in [2.24, 2.45) is 5.92 Å².